The summed E-state index contributed by atoms with van der Waals surface area (Å²) in [5.74, 6) is -0.336. The van der Waals surface area contributed by atoms with Crippen LogP contribution in [0.5, 0.6) is 0 Å². The lowest BCUT2D eigenvalue weighted by Gasteiger charge is -2.03. The average Bonchev–Trinajstić information content (AvgIpc) is 2.74. The van der Waals surface area contributed by atoms with E-state index in [-0.39, 0.29) is 11.4 Å². The molecule has 92 valence electrons. The summed E-state index contributed by atoms with van der Waals surface area (Å²) >= 11 is 0. The number of aromatic amines is 1. The second-order valence-corrected chi connectivity index (χ2v) is 3.70. The number of aromatic nitrogens is 1. The SMILES string of the molecule is NC(=O)c1c(-c2ccc(N)cc2)c[nH]c1NC=O. The lowest BCUT2D eigenvalue weighted by atomic mass is 10.0. The number of hydrogen-bond donors (Lipinski definition) is 4. The van der Waals surface area contributed by atoms with Crippen LogP contribution in [-0.4, -0.2) is 17.3 Å². The van der Waals surface area contributed by atoms with Crippen molar-refractivity contribution >= 4 is 23.8 Å². The molecule has 1 aromatic carbocycles. The molecule has 6 nitrogen and oxygen atoms in total. The third-order valence-electron chi connectivity index (χ3n) is 2.55. The van der Waals surface area contributed by atoms with Crippen LogP contribution in [0, 0.1) is 0 Å². The predicted octanol–water partition coefficient (Wildman–Crippen LogP) is 0.931. The summed E-state index contributed by atoms with van der Waals surface area (Å²) < 4.78 is 0. The first-order valence-corrected chi connectivity index (χ1v) is 5.20. The zero-order valence-corrected chi connectivity index (χ0v) is 9.44. The Bertz CT molecular complexity index is 587. The number of rotatable bonds is 4. The third-order valence-corrected chi connectivity index (χ3v) is 2.55. The van der Waals surface area contributed by atoms with Crippen LogP contribution in [0.4, 0.5) is 11.5 Å². The quantitative estimate of drug-likeness (QED) is 0.473. The summed E-state index contributed by atoms with van der Waals surface area (Å²) in [7, 11) is 0. The molecule has 0 aliphatic rings. The van der Waals surface area contributed by atoms with E-state index in [1.165, 1.54) is 0 Å². The van der Waals surface area contributed by atoms with Gasteiger partial charge in [-0.2, -0.15) is 0 Å². The summed E-state index contributed by atoms with van der Waals surface area (Å²) in [6.07, 6.45) is 2.09. The highest BCUT2D eigenvalue weighted by Gasteiger charge is 2.17. The molecule has 0 saturated heterocycles. The summed E-state index contributed by atoms with van der Waals surface area (Å²) in [6, 6.07) is 6.99. The van der Waals surface area contributed by atoms with Gasteiger partial charge in [-0.3, -0.25) is 9.59 Å². The molecule has 0 fully saturated rings. The maximum Gasteiger partial charge on any atom is 0.253 e. The molecule has 2 aromatic rings. The van der Waals surface area contributed by atoms with Gasteiger partial charge < -0.3 is 21.8 Å². The molecule has 0 unspecified atom stereocenters. The van der Waals surface area contributed by atoms with Crippen molar-refractivity contribution in [3.05, 3.63) is 36.0 Å². The van der Waals surface area contributed by atoms with Gasteiger partial charge in [0, 0.05) is 17.4 Å². The van der Waals surface area contributed by atoms with Gasteiger partial charge in [-0.1, -0.05) is 12.1 Å². The van der Waals surface area contributed by atoms with E-state index in [0.717, 1.165) is 5.56 Å². The molecule has 2 amide bonds. The van der Waals surface area contributed by atoms with Crippen molar-refractivity contribution in [2.24, 2.45) is 5.73 Å². The monoisotopic (exact) mass is 244 g/mol. The maximum absolute atomic E-state index is 11.4. The molecule has 18 heavy (non-hydrogen) atoms. The van der Waals surface area contributed by atoms with E-state index in [4.69, 9.17) is 11.5 Å². The minimum atomic E-state index is -0.618. The molecule has 0 radical (unpaired) electrons. The number of carbonyl (C=O) groups is 2. The second-order valence-electron chi connectivity index (χ2n) is 3.70. The number of amides is 2. The number of benzene rings is 1. The Hall–Kier alpha value is -2.76. The lowest BCUT2D eigenvalue weighted by molar-refractivity contribution is -0.105. The normalized spacial score (nSPS) is 10.0. The number of nitrogen functional groups attached to an aromatic ring is 1. The van der Waals surface area contributed by atoms with E-state index < -0.39 is 5.91 Å². The van der Waals surface area contributed by atoms with Gasteiger partial charge in [0.05, 0.1) is 5.56 Å². The number of nitrogens with two attached hydrogens (primary N) is 2. The van der Waals surface area contributed by atoms with Gasteiger partial charge in [0.15, 0.2) is 0 Å². The molecular weight excluding hydrogens is 232 g/mol. The molecule has 0 saturated carbocycles. The van der Waals surface area contributed by atoms with Crippen molar-refractivity contribution in [2.75, 3.05) is 11.1 Å². The van der Waals surface area contributed by atoms with Crippen molar-refractivity contribution < 1.29 is 9.59 Å². The van der Waals surface area contributed by atoms with Crippen LogP contribution in [0.15, 0.2) is 30.5 Å². The Balaban J connectivity index is 2.53. The molecule has 0 spiro atoms. The highest BCUT2D eigenvalue weighted by molar-refractivity contribution is 6.06. The van der Waals surface area contributed by atoms with Gasteiger partial charge >= 0.3 is 0 Å². The molecule has 0 aliphatic carbocycles. The van der Waals surface area contributed by atoms with Crippen LogP contribution in [0.25, 0.3) is 11.1 Å². The van der Waals surface area contributed by atoms with Crippen LogP contribution in [-0.2, 0) is 4.79 Å². The molecular formula is C12H12N4O2. The van der Waals surface area contributed by atoms with Gasteiger partial charge in [0.2, 0.25) is 6.41 Å². The van der Waals surface area contributed by atoms with E-state index in [0.29, 0.717) is 17.7 Å². The molecule has 1 heterocycles. The minimum Gasteiger partial charge on any atom is -0.399 e. The van der Waals surface area contributed by atoms with Crippen LogP contribution in [0.3, 0.4) is 0 Å². The van der Waals surface area contributed by atoms with Gasteiger partial charge in [-0.15, -0.1) is 0 Å². The molecule has 0 atom stereocenters. The standard InChI is InChI=1S/C12H12N4O2/c13-8-3-1-7(2-4-8)9-5-15-12(16-6-17)10(9)11(14)18/h1-6,15H,13H2,(H2,14,18)(H,16,17). The number of primary amides is 1. The Kier molecular flexibility index (Phi) is 3.01. The maximum atomic E-state index is 11.4. The molecule has 6 N–H and O–H groups in total. The Morgan fingerprint density at radius 3 is 2.50 bits per heavy atom. The molecule has 1 aromatic heterocycles. The summed E-state index contributed by atoms with van der Waals surface area (Å²) in [6.45, 7) is 0. The number of anilines is 2. The van der Waals surface area contributed by atoms with Gasteiger partial charge in [-0.05, 0) is 17.7 Å². The van der Waals surface area contributed by atoms with Crippen molar-refractivity contribution in [1.29, 1.82) is 0 Å². The summed E-state index contributed by atoms with van der Waals surface area (Å²) in [5, 5.41) is 2.40. The fraction of sp³-hybridized carbons (Fsp3) is 0. The van der Waals surface area contributed by atoms with Crippen LogP contribution >= 0.6 is 0 Å². The Morgan fingerprint density at radius 1 is 1.28 bits per heavy atom. The van der Waals surface area contributed by atoms with E-state index in [2.05, 4.69) is 10.3 Å². The van der Waals surface area contributed by atoms with Crippen molar-refractivity contribution in [3.8, 4) is 11.1 Å². The van der Waals surface area contributed by atoms with Crippen molar-refractivity contribution in [3.63, 3.8) is 0 Å². The van der Waals surface area contributed by atoms with Gasteiger partial charge in [0.25, 0.3) is 5.91 Å². The lowest BCUT2D eigenvalue weighted by Crippen LogP contribution is -2.14. The van der Waals surface area contributed by atoms with E-state index in [1.807, 2.05) is 0 Å². The third kappa shape index (κ3) is 2.03. The fourth-order valence-electron chi connectivity index (χ4n) is 1.74. The van der Waals surface area contributed by atoms with E-state index in [1.54, 1.807) is 30.5 Å². The number of carbonyl (C=O) groups excluding carboxylic acids is 2. The number of nitrogens with one attached hydrogen (secondary N) is 2. The zero-order valence-electron chi connectivity index (χ0n) is 9.44. The number of H-pyrrole nitrogens is 1. The van der Waals surface area contributed by atoms with Crippen LogP contribution in [0.2, 0.25) is 0 Å². The van der Waals surface area contributed by atoms with E-state index >= 15 is 0 Å². The summed E-state index contributed by atoms with van der Waals surface area (Å²) in [5.41, 5.74) is 13.2. The minimum absolute atomic E-state index is 0.242. The van der Waals surface area contributed by atoms with Gasteiger partial charge in [0.1, 0.15) is 5.82 Å². The molecule has 0 bridgehead atoms. The fourth-order valence-corrected chi connectivity index (χ4v) is 1.74. The van der Waals surface area contributed by atoms with Crippen molar-refractivity contribution in [1.82, 2.24) is 4.98 Å². The molecule has 6 heteroatoms. The Morgan fingerprint density at radius 2 is 1.94 bits per heavy atom. The largest absolute Gasteiger partial charge is 0.399 e. The Labute approximate surface area is 103 Å². The first-order valence-electron chi connectivity index (χ1n) is 5.20. The zero-order chi connectivity index (χ0) is 13.1. The summed E-state index contributed by atoms with van der Waals surface area (Å²) in [4.78, 5) is 24.7. The van der Waals surface area contributed by atoms with Crippen molar-refractivity contribution in [2.45, 2.75) is 0 Å². The second kappa shape index (κ2) is 4.62. The average molecular weight is 244 g/mol. The first kappa shape index (κ1) is 11.7. The first-order chi connectivity index (χ1) is 8.63. The topological polar surface area (TPSA) is 114 Å². The predicted molar refractivity (Wildman–Crippen MR) is 68.8 cm³/mol. The van der Waals surface area contributed by atoms with E-state index in [9.17, 15) is 9.59 Å². The van der Waals surface area contributed by atoms with Gasteiger partial charge in [-0.25, -0.2) is 0 Å². The molecule has 2 rings (SSSR count). The number of hydrogen-bond acceptors (Lipinski definition) is 3. The molecule has 0 aliphatic heterocycles. The highest BCUT2D eigenvalue weighted by atomic mass is 16.1. The van der Waals surface area contributed by atoms with Crippen LogP contribution in [0.1, 0.15) is 10.4 Å². The highest BCUT2D eigenvalue weighted by Crippen LogP contribution is 2.29. The smallest absolute Gasteiger partial charge is 0.253 e. The van der Waals surface area contributed by atoms with Crippen LogP contribution < -0.4 is 16.8 Å².